The molecule has 0 aromatic rings. The zero-order valence-electron chi connectivity index (χ0n) is 12.9. The number of carboxylic acid groups (broad SMARTS) is 3. The predicted molar refractivity (Wildman–Crippen MR) is 50.9 cm³/mol. The molecule has 0 aliphatic heterocycles. The average molecular weight is 322 g/mol. The normalized spacial score (nSPS) is 5.85. The van der Waals surface area contributed by atoms with Crippen LogP contribution < -0.4 is 115 Å². The maximum absolute atomic E-state index is 8.89. The molecule has 0 rings (SSSR count). The van der Waals surface area contributed by atoms with Gasteiger partial charge in [-0.2, -0.15) is 0 Å². The van der Waals surface area contributed by atoms with E-state index in [0.29, 0.717) is 13.1 Å². The topological polar surface area (TPSA) is 179 Å². The molecule has 0 atom stereocenters. The molecule has 0 radical (unpaired) electrons. The van der Waals surface area contributed by atoms with Gasteiger partial charge < -0.3 is 40.6 Å². The monoisotopic (exact) mass is 322 g/mol. The molecule has 0 aromatic heterocycles. The molecule has 0 amide bonds. The smallest absolute Gasteiger partial charge is 0.550 e. The van der Waals surface area contributed by atoms with Crippen LogP contribution in [0.15, 0.2) is 0 Å². The molecular weight excluding hydrogens is 305 g/mol. The molecule has 0 aliphatic carbocycles. The molecule has 0 aliphatic rings. The molecule has 104 valence electrons. The van der Waals surface area contributed by atoms with Crippen molar-refractivity contribution in [3.8, 4) is 0 Å². The Balaban J connectivity index is -0.0000000216. The summed E-state index contributed by atoms with van der Waals surface area (Å²) >= 11 is 0. The molecule has 0 unspecified atom stereocenters. The van der Waals surface area contributed by atoms with Gasteiger partial charge in [0.25, 0.3) is 0 Å². The van der Waals surface area contributed by atoms with Crippen molar-refractivity contribution in [2.45, 2.75) is 20.8 Å². The van der Waals surface area contributed by atoms with Gasteiger partial charge in [-0.3, -0.25) is 0 Å². The molecular formula is C8H17N2Na3O7. The summed E-state index contributed by atoms with van der Waals surface area (Å²) in [5.41, 5.74) is 6.81. The first-order valence-electron chi connectivity index (χ1n) is 4.21. The summed E-state index contributed by atoms with van der Waals surface area (Å²) in [5, 5.41) is 34.4. The first-order chi connectivity index (χ1) is 7.61. The summed E-state index contributed by atoms with van der Waals surface area (Å²) in [5.74, 6) is -3.25. The van der Waals surface area contributed by atoms with E-state index in [4.69, 9.17) is 40.6 Å². The number of aliphatic carboxylic acids is 3. The summed E-state index contributed by atoms with van der Waals surface area (Å²) in [7, 11) is 0. The van der Waals surface area contributed by atoms with Crippen LogP contribution in [0.4, 0.5) is 0 Å². The third-order valence-corrected chi connectivity index (χ3v) is 0.256. The molecule has 12 heteroatoms. The first-order valence-corrected chi connectivity index (χ1v) is 4.21. The molecule has 0 bridgehead atoms. The summed E-state index contributed by atoms with van der Waals surface area (Å²) in [6.07, 6.45) is 0. The van der Waals surface area contributed by atoms with Crippen molar-refractivity contribution in [3.63, 3.8) is 0 Å². The van der Waals surface area contributed by atoms with Gasteiger partial charge in [-0.25, -0.2) is 5.48 Å². The van der Waals surface area contributed by atoms with Gasteiger partial charge in [0.2, 0.25) is 0 Å². The van der Waals surface area contributed by atoms with Gasteiger partial charge in [-0.1, -0.05) is 0 Å². The van der Waals surface area contributed by atoms with Gasteiger partial charge in [-0.15, -0.1) is 0 Å². The maximum atomic E-state index is 8.89. The maximum Gasteiger partial charge on any atom is 1.00 e. The van der Waals surface area contributed by atoms with Crippen LogP contribution in [0, 0.1) is 0 Å². The zero-order chi connectivity index (χ0) is 14.9. The Hall–Kier alpha value is 1.29. The number of nitrogens with two attached hydrogens (primary N) is 1. The molecule has 0 spiro atoms. The van der Waals surface area contributed by atoms with Crippen molar-refractivity contribution in [2.24, 2.45) is 5.73 Å². The number of rotatable bonds is 2. The minimum atomic E-state index is -1.08. The Morgan fingerprint density at radius 1 is 0.900 bits per heavy atom. The molecule has 0 saturated heterocycles. The van der Waals surface area contributed by atoms with Crippen LogP contribution >= 0.6 is 0 Å². The third-order valence-electron chi connectivity index (χ3n) is 0.256. The minimum absolute atomic E-state index is 0. The number of carboxylic acids is 3. The Morgan fingerprint density at radius 2 is 1.05 bits per heavy atom. The van der Waals surface area contributed by atoms with Gasteiger partial charge in [0.1, 0.15) is 0 Å². The molecule has 9 nitrogen and oxygen atoms in total. The van der Waals surface area contributed by atoms with Crippen LogP contribution in [-0.4, -0.2) is 36.2 Å². The summed E-state index contributed by atoms with van der Waals surface area (Å²) in [6, 6.07) is 0. The van der Waals surface area contributed by atoms with E-state index in [9.17, 15) is 0 Å². The number of carbonyl (C=O) groups excluding carboxylic acids is 3. The first kappa shape index (κ1) is 42.9. The van der Waals surface area contributed by atoms with Crippen LogP contribution in [0.2, 0.25) is 0 Å². The van der Waals surface area contributed by atoms with Crippen LogP contribution in [-0.2, 0) is 14.4 Å². The van der Waals surface area contributed by atoms with Crippen molar-refractivity contribution in [1.29, 1.82) is 0 Å². The van der Waals surface area contributed by atoms with Gasteiger partial charge in [0.15, 0.2) is 0 Å². The largest absolute Gasteiger partial charge is 1.00 e. The summed E-state index contributed by atoms with van der Waals surface area (Å²) in [4.78, 5) is 26.7. The number of carbonyl (C=O) groups is 3. The summed E-state index contributed by atoms with van der Waals surface area (Å²) in [6.45, 7) is 3.87. The SMILES string of the molecule is CC(=O)[O-].CC(=O)[O-].CC(=O)[O-].NCCNO.[Na+].[Na+].[Na+]. The Morgan fingerprint density at radius 3 is 1.05 bits per heavy atom. The minimum Gasteiger partial charge on any atom is -0.550 e. The van der Waals surface area contributed by atoms with E-state index in [1.807, 2.05) is 5.48 Å². The number of nitrogens with one attached hydrogen (secondary N) is 1. The second kappa shape index (κ2) is 42.7. The fourth-order valence-corrected chi connectivity index (χ4v) is 0.0645. The number of hydroxylamine groups is 1. The van der Waals surface area contributed by atoms with Crippen molar-refractivity contribution < 1.29 is 124 Å². The second-order valence-electron chi connectivity index (χ2n) is 2.17. The van der Waals surface area contributed by atoms with Crippen LogP contribution in [0.5, 0.6) is 0 Å². The number of hydrogen-bond acceptors (Lipinski definition) is 9. The predicted octanol–water partition coefficient (Wildman–Crippen LogP) is -13.8. The van der Waals surface area contributed by atoms with Crippen LogP contribution in [0.25, 0.3) is 0 Å². The van der Waals surface area contributed by atoms with Gasteiger partial charge in [0, 0.05) is 31.0 Å². The van der Waals surface area contributed by atoms with Gasteiger partial charge >= 0.3 is 88.7 Å². The van der Waals surface area contributed by atoms with Crippen LogP contribution in [0.3, 0.4) is 0 Å². The molecule has 0 saturated carbocycles. The van der Waals surface area contributed by atoms with Gasteiger partial charge in [0.05, 0.1) is 0 Å². The van der Waals surface area contributed by atoms with E-state index in [-0.39, 0.29) is 88.7 Å². The number of hydrogen-bond donors (Lipinski definition) is 3. The van der Waals surface area contributed by atoms with Gasteiger partial charge in [-0.05, 0) is 20.8 Å². The molecule has 0 aromatic carbocycles. The standard InChI is InChI=1S/C2H8N2O.3C2H4O2.3Na/c3-1-2-4-5;3*1-2(3)4;;;/h4-5H,1-3H2;3*1H3,(H,3,4);;;/q;;;;3*+1/p-3. The quantitative estimate of drug-likeness (QED) is 0.328. The Bertz CT molecular complexity index is 166. The Labute approximate surface area is 184 Å². The van der Waals surface area contributed by atoms with E-state index in [2.05, 4.69) is 0 Å². The van der Waals surface area contributed by atoms with Crippen molar-refractivity contribution >= 4 is 17.9 Å². The molecule has 0 heterocycles. The fraction of sp³-hybridized carbons (Fsp3) is 0.625. The van der Waals surface area contributed by atoms with E-state index < -0.39 is 17.9 Å². The van der Waals surface area contributed by atoms with Crippen molar-refractivity contribution in [2.75, 3.05) is 13.1 Å². The molecule has 0 fully saturated rings. The second-order valence-corrected chi connectivity index (χ2v) is 2.17. The zero-order valence-corrected chi connectivity index (χ0v) is 18.9. The van der Waals surface area contributed by atoms with Crippen molar-refractivity contribution in [3.05, 3.63) is 0 Å². The average Bonchev–Trinajstić information content (AvgIpc) is 2.01. The van der Waals surface area contributed by atoms with Crippen molar-refractivity contribution in [1.82, 2.24) is 5.48 Å². The van der Waals surface area contributed by atoms with Crippen LogP contribution in [0.1, 0.15) is 20.8 Å². The summed E-state index contributed by atoms with van der Waals surface area (Å²) < 4.78 is 0. The Kier molecular flexibility index (Phi) is 91.7. The molecule has 20 heavy (non-hydrogen) atoms. The third kappa shape index (κ3) is 596. The van der Waals surface area contributed by atoms with E-state index in [1.54, 1.807) is 0 Å². The van der Waals surface area contributed by atoms with E-state index >= 15 is 0 Å². The van der Waals surface area contributed by atoms with E-state index in [0.717, 1.165) is 20.8 Å². The van der Waals surface area contributed by atoms with E-state index in [1.165, 1.54) is 0 Å². The molecule has 4 N–H and O–H groups in total. The fourth-order valence-electron chi connectivity index (χ4n) is 0.0645.